The van der Waals surface area contributed by atoms with Crippen LogP contribution in [0.1, 0.15) is 50.9 Å². The van der Waals surface area contributed by atoms with Gasteiger partial charge in [-0.3, -0.25) is 4.98 Å². The van der Waals surface area contributed by atoms with Gasteiger partial charge in [-0.2, -0.15) is 0 Å². The van der Waals surface area contributed by atoms with Crippen LogP contribution in [-0.2, 0) is 11.0 Å². The lowest BCUT2D eigenvalue weighted by Crippen LogP contribution is -2.27. The Morgan fingerprint density at radius 1 is 1.00 bits per heavy atom. The van der Waals surface area contributed by atoms with Crippen LogP contribution in [0, 0.1) is 5.82 Å². The molecule has 1 N–H and O–H groups in total. The average molecular weight is 287 g/mol. The highest BCUT2D eigenvalue weighted by Gasteiger charge is 2.31. The minimum atomic E-state index is -1.19. The second-order valence-corrected chi connectivity index (χ2v) is 6.40. The van der Waals surface area contributed by atoms with Gasteiger partial charge in [0.05, 0.1) is 11.9 Å². The Kier molecular flexibility index (Phi) is 4.15. The molecule has 0 fully saturated rings. The van der Waals surface area contributed by atoms with E-state index in [1.54, 1.807) is 0 Å². The minimum Gasteiger partial charge on any atom is -0.379 e. The van der Waals surface area contributed by atoms with E-state index < -0.39 is 11.4 Å². The maximum Gasteiger partial charge on any atom is 0.141 e. The number of aromatic nitrogens is 1. The van der Waals surface area contributed by atoms with Gasteiger partial charge in [-0.1, -0.05) is 52.0 Å². The normalized spacial score (nSPS) is 14.8. The third-order valence-electron chi connectivity index (χ3n) is 3.89. The smallest absolute Gasteiger partial charge is 0.141 e. The van der Waals surface area contributed by atoms with Gasteiger partial charge in [0.25, 0.3) is 0 Å². The van der Waals surface area contributed by atoms with Crippen LogP contribution >= 0.6 is 0 Å². The van der Waals surface area contributed by atoms with E-state index in [2.05, 4.69) is 25.8 Å². The molecule has 0 bridgehead atoms. The summed E-state index contributed by atoms with van der Waals surface area (Å²) in [5, 5.41) is 11.0. The second kappa shape index (κ2) is 5.57. The quantitative estimate of drug-likeness (QED) is 0.919. The number of rotatable bonds is 3. The molecule has 1 heterocycles. The van der Waals surface area contributed by atoms with Crippen LogP contribution in [-0.4, -0.2) is 10.1 Å². The third kappa shape index (κ3) is 3.13. The summed E-state index contributed by atoms with van der Waals surface area (Å²) in [4.78, 5) is 4.04. The third-order valence-corrected chi connectivity index (χ3v) is 3.89. The molecule has 1 aromatic heterocycles. The molecule has 1 aromatic carbocycles. The minimum absolute atomic E-state index is 0.0665. The predicted octanol–water partition coefficient (Wildman–Crippen LogP) is 4.16. The predicted molar refractivity (Wildman–Crippen MR) is 82.6 cm³/mol. The molecule has 2 nitrogen and oxygen atoms in total. The molecule has 112 valence electrons. The van der Waals surface area contributed by atoms with E-state index >= 15 is 0 Å². The van der Waals surface area contributed by atoms with E-state index in [1.165, 1.54) is 17.7 Å². The maximum atomic E-state index is 13.0. The zero-order chi connectivity index (χ0) is 15.7. The fourth-order valence-electron chi connectivity index (χ4n) is 2.40. The number of halogens is 1. The molecular weight excluding hydrogens is 265 g/mol. The molecule has 0 aliphatic rings. The zero-order valence-electron chi connectivity index (χ0n) is 13.0. The van der Waals surface area contributed by atoms with Crippen LogP contribution in [0.3, 0.4) is 0 Å². The number of pyridine rings is 1. The van der Waals surface area contributed by atoms with Crippen molar-refractivity contribution in [2.75, 3.05) is 0 Å². The molecule has 1 unspecified atom stereocenters. The van der Waals surface area contributed by atoms with Crippen LogP contribution in [0.25, 0.3) is 0 Å². The highest BCUT2D eigenvalue weighted by Crippen LogP contribution is 2.33. The molecular formula is C18H22FNO. The lowest BCUT2D eigenvalue weighted by Gasteiger charge is -2.28. The molecule has 3 heteroatoms. The van der Waals surface area contributed by atoms with Gasteiger partial charge >= 0.3 is 0 Å². The standard InChI is InChI=1S/C18H22FNO/c1-5-18(21,16-11-10-15(19)12-20-16)14-8-6-13(7-9-14)17(2,3)4/h6-12,21H,5H2,1-4H3. The Bertz CT molecular complexity index is 599. The Morgan fingerprint density at radius 3 is 2.00 bits per heavy atom. The largest absolute Gasteiger partial charge is 0.379 e. The molecule has 2 aromatic rings. The summed E-state index contributed by atoms with van der Waals surface area (Å²) in [6, 6.07) is 10.8. The molecule has 1 atom stereocenters. The van der Waals surface area contributed by atoms with Crippen LogP contribution in [0.4, 0.5) is 4.39 Å². The summed E-state index contributed by atoms with van der Waals surface area (Å²) in [5.74, 6) is -0.403. The Morgan fingerprint density at radius 2 is 1.57 bits per heavy atom. The Balaban J connectivity index is 2.43. The van der Waals surface area contributed by atoms with Crippen LogP contribution < -0.4 is 0 Å². The Hall–Kier alpha value is -1.74. The SMILES string of the molecule is CCC(O)(c1ccc(C(C)(C)C)cc1)c1ccc(F)cn1. The van der Waals surface area contributed by atoms with E-state index in [4.69, 9.17) is 0 Å². The first-order chi connectivity index (χ1) is 9.77. The lowest BCUT2D eigenvalue weighted by molar-refractivity contribution is 0.0717. The molecule has 0 saturated heterocycles. The summed E-state index contributed by atoms with van der Waals surface area (Å²) in [7, 11) is 0. The summed E-state index contributed by atoms with van der Waals surface area (Å²) in [5.41, 5.74) is 1.32. The Labute approximate surface area is 125 Å². The molecule has 0 spiro atoms. The van der Waals surface area contributed by atoms with Gasteiger partial charge in [-0.05, 0) is 35.1 Å². The molecule has 21 heavy (non-hydrogen) atoms. The molecule has 2 rings (SSSR count). The first-order valence-corrected chi connectivity index (χ1v) is 7.23. The van der Waals surface area contributed by atoms with E-state index in [0.29, 0.717) is 12.1 Å². The summed E-state index contributed by atoms with van der Waals surface area (Å²) in [6.45, 7) is 8.34. The zero-order valence-corrected chi connectivity index (χ0v) is 13.0. The van der Waals surface area contributed by atoms with Gasteiger partial charge in [0.2, 0.25) is 0 Å². The van der Waals surface area contributed by atoms with Crippen molar-refractivity contribution < 1.29 is 9.50 Å². The molecule has 0 amide bonds. The highest BCUT2D eigenvalue weighted by molar-refractivity contribution is 5.36. The molecule has 0 radical (unpaired) electrons. The van der Waals surface area contributed by atoms with Gasteiger partial charge in [-0.15, -0.1) is 0 Å². The first kappa shape index (κ1) is 15.6. The number of hydrogen-bond acceptors (Lipinski definition) is 2. The van der Waals surface area contributed by atoms with Crippen molar-refractivity contribution in [1.29, 1.82) is 0 Å². The van der Waals surface area contributed by atoms with Crippen LogP contribution in [0.5, 0.6) is 0 Å². The van der Waals surface area contributed by atoms with Gasteiger partial charge in [-0.25, -0.2) is 4.39 Å². The lowest BCUT2D eigenvalue weighted by atomic mass is 9.83. The van der Waals surface area contributed by atoms with Crippen molar-refractivity contribution in [3.8, 4) is 0 Å². The second-order valence-electron chi connectivity index (χ2n) is 6.40. The highest BCUT2D eigenvalue weighted by atomic mass is 19.1. The summed E-state index contributed by atoms with van der Waals surface area (Å²) < 4.78 is 13.0. The van der Waals surface area contributed by atoms with Gasteiger partial charge < -0.3 is 5.11 Å². The van der Waals surface area contributed by atoms with Crippen molar-refractivity contribution in [3.63, 3.8) is 0 Å². The van der Waals surface area contributed by atoms with Crippen molar-refractivity contribution >= 4 is 0 Å². The van der Waals surface area contributed by atoms with Crippen molar-refractivity contribution in [2.24, 2.45) is 0 Å². The number of aliphatic hydroxyl groups is 1. The van der Waals surface area contributed by atoms with Crippen molar-refractivity contribution in [3.05, 3.63) is 65.2 Å². The first-order valence-electron chi connectivity index (χ1n) is 7.23. The molecule has 0 aliphatic heterocycles. The van der Waals surface area contributed by atoms with E-state index in [-0.39, 0.29) is 5.41 Å². The molecule has 0 saturated carbocycles. The van der Waals surface area contributed by atoms with Gasteiger partial charge in [0, 0.05) is 0 Å². The monoisotopic (exact) mass is 287 g/mol. The van der Waals surface area contributed by atoms with Crippen molar-refractivity contribution in [2.45, 2.75) is 45.1 Å². The molecule has 0 aliphatic carbocycles. The van der Waals surface area contributed by atoms with Crippen molar-refractivity contribution in [1.82, 2.24) is 4.98 Å². The average Bonchev–Trinajstić information content (AvgIpc) is 2.46. The number of nitrogens with zero attached hydrogens (tertiary/aromatic N) is 1. The number of benzene rings is 1. The van der Waals surface area contributed by atoms with Crippen LogP contribution in [0.2, 0.25) is 0 Å². The fourth-order valence-corrected chi connectivity index (χ4v) is 2.40. The number of hydrogen-bond donors (Lipinski definition) is 1. The maximum absolute atomic E-state index is 13.0. The van der Waals surface area contributed by atoms with Gasteiger partial charge in [0.1, 0.15) is 11.4 Å². The van der Waals surface area contributed by atoms with Crippen LogP contribution in [0.15, 0.2) is 42.6 Å². The van der Waals surface area contributed by atoms with E-state index in [9.17, 15) is 9.50 Å². The summed E-state index contributed by atoms with van der Waals surface area (Å²) in [6.07, 6.45) is 1.61. The van der Waals surface area contributed by atoms with E-state index in [0.717, 1.165) is 11.8 Å². The summed E-state index contributed by atoms with van der Waals surface area (Å²) >= 11 is 0. The van der Waals surface area contributed by atoms with Gasteiger partial charge in [0.15, 0.2) is 0 Å². The van der Waals surface area contributed by atoms with E-state index in [1.807, 2.05) is 31.2 Å². The fraction of sp³-hybridized carbons (Fsp3) is 0.389. The topological polar surface area (TPSA) is 33.1 Å².